The Hall–Kier alpha value is -1.16. The van der Waals surface area contributed by atoms with Crippen molar-refractivity contribution in [1.82, 2.24) is 0 Å². The first-order valence-electron chi connectivity index (χ1n) is 5.65. The normalized spacial score (nSPS) is 12.2. The van der Waals surface area contributed by atoms with E-state index in [9.17, 15) is 4.79 Å². The zero-order valence-corrected chi connectivity index (χ0v) is 11.3. The number of hydrogen-bond acceptors (Lipinski definition) is 3. The highest BCUT2D eigenvalue weighted by atomic mass is 32.2. The fourth-order valence-corrected chi connectivity index (χ4v) is 1.95. The third-order valence-corrected chi connectivity index (χ3v) is 3.80. The third kappa shape index (κ3) is 3.97. The molecule has 0 aliphatic heterocycles. The zero-order valence-electron chi connectivity index (χ0n) is 10.5. The van der Waals surface area contributed by atoms with Crippen LogP contribution in [0.15, 0.2) is 18.2 Å². The first kappa shape index (κ1) is 13.9. The molecule has 0 fully saturated rings. The number of carboxylic acids is 1. The van der Waals surface area contributed by atoms with Gasteiger partial charge in [0.15, 0.2) is 0 Å². The second-order valence-corrected chi connectivity index (χ2v) is 5.34. The lowest BCUT2D eigenvalue weighted by Crippen LogP contribution is -2.12. The van der Waals surface area contributed by atoms with Crippen LogP contribution in [-0.4, -0.2) is 29.1 Å². The van der Waals surface area contributed by atoms with Gasteiger partial charge in [0.05, 0.1) is 11.3 Å². The molecule has 0 heterocycles. The second kappa shape index (κ2) is 6.55. The van der Waals surface area contributed by atoms with Crippen LogP contribution in [0, 0.1) is 6.92 Å². The van der Waals surface area contributed by atoms with Gasteiger partial charge >= 0.3 is 5.97 Å². The highest BCUT2D eigenvalue weighted by molar-refractivity contribution is 7.99. The highest BCUT2D eigenvalue weighted by Crippen LogP contribution is 2.21. The van der Waals surface area contributed by atoms with E-state index in [1.807, 2.05) is 24.8 Å². The van der Waals surface area contributed by atoms with E-state index < -0.39 is 5.97 Å². The number of rotatable bonds is 6. The maximum atomic E-state index is 11.1. The van der Waals surface area contributed by atoms with Crippen LogP contribution in [0.2, 0.25) is 0 Å². The topological polar surface area (TPSA) is 49.3 Å². The van der Waals surface area contributed by atoms with E-state index in [1.165, 1.54) is 0 Å². The van der Waals surface area contributed by atoms with Crippen molar-refractivity contribution < 1.29 is 9.90 Å². The van der Waals surface area contributed by atoms with Crippen molar-refractivity contribution in [3.05, 3.63) is 29.3 Å². The fourth-order valence-electron chi connectivity index (χ4n) is 1.60. The Bertz CT molecular complexity index is 393. The van der Waals surface area contributed by atoms with Gasteiger partial charge in [0.2, 0.25) is 0 Å². The van der Waals surface area contributed by atoms with Gasteiger partial charge in [-0.05, 0) is 31.2 Å². The largest absolute Gasteiger partial charge is 0.478 e. The summed E-state index contributed by atoms with van der Waals surface area (Å²) in [6.45, 7) is 4.89. The molecule has 2 N–H and O–H groups in total. The van der Waals surface area contributed by atoms with Crippen molar-refractivity contribution in [2.45, 2.75) is 25.5 Å². The number of thioether (sulfide) groups is 1. The molecular formula is C13H19NO2S. The lowest BCUT2D eigenvalue weighted by atomic mass is 10.1. The number of aryl methyl sites for hydroxylation is 1. The van der Waals surface area contributed by atoms with Crippen molar-refractivity contribution in [2.75, 3.05) is 18.1 Å². The number of benzene rings is 1. The Kier molecular flexibility index (Phi) is 5.35. The zero-order chi connectivity index (χ0) is 12.8. The smallest absolute Gasteiger partial charge is 0.337 e. The van der Waals surface area contributed by atoms with Crippen molar-refractivity contribution in [2.24, 2.45) is 0 Å². The van der Waals surface area contributed by atoms with Crippen molar-refractivity contribution in [1.29, 1.82) is 0 Å². The van der Waals surface area contributed by atoms with Gasteiger partial charge < -0.3 is 10.4 Å². The molecule has 0 amide bonds. The molecule has 4 heteroatoms. The molecule has 1 aromatic rings. The van der Waals surface area contributed by atoms with Crippen LogP contribution < -0.4 is 5.32 Å². The van der Waals surface area contributed by atoms with Crippen LogP contribution in [-0.2, 0) is 0 Å². The Morgan fingerprint density at radius 1 is 1.53 bits per heavy atom. The summed E-state index contributed by atoms with van der Waals surface area (Å²) in [5, 5.41) is 12.9. The molecule has 0 aliphatic rings. The molecule has 0 saturated heterocycles. The number of anilines is 1. The Morgan fingerprint density at radius 2 is 2.24 bits per heavy atom. The highest BCUT2D eigenvalue weighted by Gasteiger charge is 2.11. The minimum absolute atomic E-state index is 0.349. The minimum atomic E-state index is -0.880. The summed E-state index contributed by atoms with van der Waals surface area (Å²) in [6, 6.07) is 5.33. The molecule has 1 rings (SSSR count). The van der Waals surface area contributed by atoms with Crippen LogP contribution in [0.4, 0.5) is 5.69 Å². The van der Waals surface area contributed by atoms with Crippen LogP contribution in [0.5, 0.6) is 0 Å². The minimum Gasteiger partial charge on any atom is -0.478 e. The second-order valence-electron chi connectivity index (χ2n) is 4.06. The number of hydrogen-bond donors (Lipinski definition) is 2. The van der Waals surface area contributed by atoms with Gasteiger partial charge in [-0.3, -0.25) is 0 Å². The van der Waals surface area contributed by atoms with Crippen molar-refractivity contribution in [3.63, 3.8) is 0 Å². The van der Waals surface area contributed by atoms with E-state index in [0.717, 1.165) is 24.2 Å². The fraction of sp³-hybridized carbons (Fsp3) is 0.462. The van der Waals surface area contributed by atoms with Gasteiger partial charge in [0.1, 0.15) is 0 Å². The van der Waals surface area contributed by atoms with Gasteiger partial charge in [-0.25, -0.2) is 4.79 Å². The molecule has 94 valence electrons. The predicted octanol–water partition coefficient (Wildman–Crippen LogP) is 3.25. The molecule has 0 saturated carbocycles. The lowest BCUT2D eigenvalue weighted by molar-refractivity contribution is 0.0698. The van der Waals surface area contributed by atoms with Gasteiger partial charge in [-0.1, -0.05) is 19.1 Å². The maximum absolute atomic E-state index is 11.1. The van der Waals surface area contributed by atoms with Crippen LogP contribution >= 0.6 is 11.8 Å². The molecule has 3 nitrogen and oxygen atoms in total. The van der Waals surface area contributed by atoms with Crippen LogP contribution in [0.25, 0.3) is 0 Å². The number of nitrogens with one attached hydrogen (secondary N) is 1. The molecule has 1 atom stereocenters. The van der Waals surface area contributed by atoms with Crippen LogP contribution in [0.3, 0.4) is 0 Å². The van der Waals surface area contributed by atoms with Crippen molar-refractivity contribution >= 4 is 23.4 Å². The summed E-state index contributed by atoms with van der Waals surface area (Å²) in [6.07, 6.45) is 3.11. The van der Waals surface area contributed by atoms with Gasteiger partial charge in [-0.2, -0.15) is 11.8 Å². The van der Waals surface area contributed by atoms with E-state index in [0.29, 0.717) is 10.8 Å². The Balaban J connectivity index is 2.72. The summed E-state index contributed by atoms with van der Waals surface area (Å²) in [5.41, 5.74) is 2.07. The molecule has 0 radical (unpaired) electrons. The summed E-state index contributed by atoms with van der Waals surface area (Å²) < 4.78 is 0. The first-order chi connectivity index (χ1) is 8.06. The maximum Gasteiger partial charge on any atom is 0.337 e. The molecule has 0 aromatic heterocycles. The molecule has 0 aliphatic carbocycles. The van der Waals surface area contributed by atoms with E-state index in [1.54, 1.807) is 12.1 Å². The predicted molar refractivity (Wildman–Crippen MR) is 74.2 cm³/mol. The van der Waals surface area contributed by atoms with Gasteiger partial charge in [0.25, 0.3) is 0 Å². The molecule has 1 unspecified atom stereocenters. The molecule has 1 aromatic carbocycles. The van der Waals surface area contributed by atoms with E-state index in [-0.39, 0.29) is 0 Å². The number of carbonyl (C=O) groups is 1. The number of carboxylic acid groups (broad SMARTS) is 1. The SMILES string of the molecule is CSC(C)CCNc1c(C)cccc1C(=O)O. The third-order valence-electron chi connectivity index (χ3n) is 2.76. The Morgan fingerprint density at radius 3 is 2.82 bits per heavy atom. The standard InChI is InChI=1S/C13H19NO2S/c1-9-5-4-6-11(13(15)16)12(9)14-8-7-10(2)17-3/h4-6,10,14H,7-8H2,1-3H3,(H,15,16). The average Bonchev–Trinajstić information content (AvgIpc) is 2.30. The number of para-hydroxylation sites is 1. The van der Waals surface area contributed by atoms with Gasteiger partial charge in [-0.15, -0.1) is 0 Å². The summed E-state index contributed by atoms with van der Waals surface area (Å²) >= 11 is 1.82. The average molecular weight is 253 g/mol. The van der Waals surface area contributed by atoms with E-state index in [2.05, 4.69) is 18.5 Å². The number of aromatic carboxylic acids is 1. The summed E-state index contributed by atoms with van der Waals surface area (Å²) in [4.78, 5) is 11.1. The molecule has 0 spiro atoms. The van der Waals surface area contributed by atoms with E-state index in [4.69, 9.17) is 5.11 Å². The summed E-state index contributed by atoms with van der Waals surface area (Å²) in [7, 11) is 0. The van der Waals surface area contributed by atoms with E-state index >= 15 is 0 Å². The lowest BCUT2D eigenvalue weighted by Gasteiger charge is -2.14. The van der Waals surface area contributed by atoms with Gasteiger partial charge in [0, 0.05) is 11.8 Å². The monoisotopic (exact) mass is 253 g/mol. The summed E-state index contributed by atoms with van der Waals surface area (Å²) in [5.74, 6) is -0.880. The van der Waals surface area contributed by atoms with Crippen molar-refractivity contribution in [3.8, 4) is 0 Å². The Labute approximate surface area is 107 Å². The molecular weight excluding hydrogens is 234 g/mol. The molecule has 17 heavy (non-hydrogen) atoms. The molecule has 0 bridgehead atoms. The first-order valence-corrected chi connectivity index (χ1v) is 6.94. The van der Waals surface area contributed by atoms with Crippen LogP contribution in [0.1, 0.15) is 29.3 Å². The quantitative estimate of drug-likeness (QED) is 0.817.